The zero-order chi connectivity index (χ0) is 16.2. The second-order valence-corrected chi connectivity index (χ2v) is 7.76. The highest BCUT2D eigenvalue weighted by Crippen LogP contribution is 2.25. The molecule has 3 nitrogen and oxygen atoms in total. The summed E-state index contributed by atoms with van der Waals surface area (Å²) < 4.78 is 0. The van der Waals surface area contributed by atoms with Crippen molar-refractivity contribution < 1.29 is 4.90 Å². The van der Waals surface area contributed by atoms with Gasteiger partial charge >= 0.3 is 0 Å². The van der Waals surface area contributed by atoms with Crippen molar-refractivity contribution in [1.29, 1.82) is 0 Å². The van der Waals surface area contributed by atoms with Gasteiger partial charge in [-0.2, -0.15) is 0 Å². The monoisotopic (exact) mass is 372 g/mol. The highest BCUT2D eigenvalue weighted by molar-refractivity contribution is 7.80. The van der Waals surface area contributed by atoms with Gasteiger partial charge in [0.05, 0.1) is 42.9 Å². The molecule has 0 spiro atoms. The normalized spacial score (nSPS) is 20.5. The van der Waals surface area contributed by atoms with Crippen molar-refractivity contribution in [3.05, 3.63) is 28.2 Å². The lowest BCUT2D eigenvalue weighted by Gasteiger charge is -2.38. The molecular formula is C17H24Cl2N3S+. The van der Waals surface area contributed by atoms with Gasteiger partial charge in [-0.3, -0.25) is 0 Å². The second kappa shape index (κ2) is 8.02. The van der Waals surface area contributed by atoms with Gasteiger partial charge in [0.1, 0.15) is 0 Å². The van der Waals surface area contributed by atoms with E-state index < -0.39 is 0 Å². The van der Waals surface area contributed by atoms with Crippen molar-refractivity contribution in [2.24, 2.45) is 0 Å². The van der Waals surface area contributed by atoms with Crippen LogP contribution in [0.4, 0.5) is 5.69 Å². The van der Waals surface area contributed by atoms with E-state index >= 15 is 0 Å². The molecule has 3 rings (SSSR count). The third-order valence-electron chi connectivity index (χ3n) is 5.05. The SMILES string of the molecule is S=C(Nc1ccc(Cl)cc1Cl)N1CC[NH+](C2CCCCC2)CC1. The van der Waals surface area contributed by atoms with E-state index in [4.69, 9.17) is 35.4 Å². The van der Waals surface area contributed by atoms with Gasteiger partial charge in [-0.15, -0.1) is 0 Å². The third-order valence-corrected chi connectivity index (χ3v) is 5.96. The molecule has 0 unspecified atom stereocenters. The fourth-order valence-electron chi connectivity index (χ4n) is 3.70. The van der Waals surface area contributed by atoms with E-state index in [0.717, 1.165) is 29.9 Å². The summed E-state index contributed by atoms with van der Waals surface area (Å²) in [5, 5.41) is 5.26. The molecule has 0 amide bonds. The predicted molar refractivity (Wildman–Crippen MR) is 102 cm³/mol. The third kappa shape index (κ3) is 4.50. The summed E-state index contributed by atoms with van der Waals surface area (Å²) in [6, 6.07) is 6.31. The number of hydrogen-bond acceptors (Lipinski definition) is 1. The van der Waals surface area contributed by atoms with Gasteiger partial charge in [-0.25, -0.2) is 0 Å². The Morgan fingerprint density at radius 1 is 1.13 bits per heavy atom. The average molecular weight is 373 g/mol. The van der Waals surface area contributed by atoms with Gasteiger partial charge in [0.15, 0.2) is 5.11 Å². The number of piperazine rings is 1. The summed E-state index contributed by atoms with van der Waals surface area (Å²) in [5.41, 5.74) is 0.822. The first kappa shape index (κ1) is 17.3. The van der Waals surface area contributed by atoms with Crippen molar-refractivity contribution in [3.63, 3.8) is 0 Å². The lowest BCUT2D eigenvalue weighted by Crippen LogP contribution is -3.18. The molecule has 0 radical (unpaired) electrons. The van der Waals surface area contributed by atoms with Crippen molar-refractivity contribution >= 4 is 46.2 Å². The molecule has 1 heterocycles. The Kier molecular flexibility index (Phi) is 6.02. The highest BCUT2D eigenvalue weighted by atomic mass is 35.5. The summed E-state index contributed by atoms with van der Waals surface area (Å²) in [6.07, 6.45) is 7.04. The van der Waals surface area contributed by atoms with Crippen LogP contribution in [0.1, 0.15) is 32.1 Å². The first-order valence-corrected chi connectivity index (χ1v) is 9.65. The minimum Gasteiger partial charge on any atom is -0.338 e. The van der Waals surface area contributed by atoms with Crippen LogP contribution in [0.15, 0.2) is 18.2 Å². The summed E-state index contributed by atoms with van der Waals surface area (Å²) in [7, 11) is 0. The van der Waals surface area contributed by atoms with Crippen molar-refractivity contribution in [2.45, 2.75) is 38.1 Å². The Hall–Kier alpha value is -0.550. The number of nitrogens with zero attached hydrogens (tertiary/aromatic N) is 1. The van der Waals surface area contributed by atoms with E-state index in [1.54, 1.807) is 11.0 Å². The van der Waals surface area contributed by atoms with Crippen LogP contribution in [0.2, 0.25) is 10.0 Å². The number of halogens is 2. The van der Waals surface area contributed by atoms with E-state index in [0.29, 0.717) is 10.0 Å². The van der Waals surface area contributed by atoms with Gasteiger partial charge in [0.2, 0.25) is 0 Å². The Morgan fingerprint density at radius 3 is 2.48 bits per heavy atom. The molecule has 0 atom stereocenters. The van der Waals surface area contributed by atoms with Gasteiger partial charge in [-0.05, 0) is 56.1 Å². The quantitative estimate of drug-likeness (QED) is 0.777. The van der Waals surface area contributed by atoms with Crippen LogP contribution in [0, 0.1) is 0 Å². The smallest absolute Gasteiger partial charge is 0.173 e. The number of rotatable bonds is 2. The molecule has 1 aromatic carbocycles. The van der Waals surface area contributed by atoms with Gasteiger partial charge in [0, 0.05) is 5.02 Å². The largest absolute Gasteiger partial charge is 0.338 e. The first-order valence-electron chi connectivity index (χ1n) is 8.49. The number of anilines is 1. The average Bonchev–Trinajstić information content (AvgIpc) is 2.58. The van der Waals surface area contributed by atoms with E-state index in [2.05, 4.69) is 10.2 Å². The molecule has 1 aliphatic carbocycles. The molecule has 6 heteroatoms. The van der Waals surface area contributed by atoms with E-state index in [1.807, 2.05) is 12.1 Å². The summed E-state index contributed by atoms with van der Waals surface area (Å²) in [5.74, 6) is 0. The molecule has 1 aromatic rings. The molecule has 1 aliphatic heterocycles. The number of nitrogens with one attached hydrogen (secondary N) is 2. The number of benzene rings is 1. The number of hydrogen-bond donors (Lipinski definition) is 2. The summed E-state index contributed by atoms with van der Waals surface area (Å²) >= 11 is 17.7. The lowest BCUT2D eigenvalue weighted by atomic mass is 9.94. The molecule has 0 bridgehead atoms. The minimum atomic E-state index is 0.603. The fraction of sp³-hybridized carbons (Fsp3) is 0.588. The molecule has 2 fully saturated rings. The van der Waals surface area contributed by atoms with Crippen LogP contribution in [-0.4, -0.2) is 42.2 Å². The zero-order valence-electron chi connectivity index (χ0n) is 13.3. The predicted octanol–water partition coefficient (Wildman–Crippen LogP) is 3.22. The summed E-state index contributed by atoms with van der Waals surface area (Å²) in [4.78, 5) is 4.03. The standard InChI is InChI=1S/C17H23Cl2N3S/c18-13-6-7-16(15(19)12-13)20-17(23)22-10-8-21(9-11-22)14-4-2-1-3-5-14/h6-7,12,14H,1-5,8-11H2,(H,20,23)/p+1. The molecule has 0 aromatic heterocycles. The molecule has 1 saturated heterocycles. The Bertz CT molecular complexity index is 553. The van der Waals surface area contributed by atoms with Crippen LogP contribution < -0.4 is 10.2 Å². The van der Waals surface area contributed by atoms with Gasteiger partial charge < -0.3 is 15.1 Å². The fourth-order valence-corrected chi connectivity index (χ4v) is 4.45. The van der Waals surface area contributed by atoms with E-state index in [9.17, 15) is 0 Å². The minimum absolute atomic E-state index is 0.603. The summed E-state index contributed by atoms with van der Waals surface area (Å²) in [6.45, 7) is 4.40. The van der Waals surface area contributed by atoms with Gasteiger partial charge in [0.25, 0.3) is 0 Å². The van der Waals surface area contributed by atoms with Gasteiger partial charge in [-0.1, -0.05) is 29.6 Å². The maximum Gasteiger partial charge on any atom is 0.173 e. The lowest BCUT2D eigenvalue weighted by molar-refractivity contribution is -0.930. The Balaban J connectivity index is 1.51. The maximum atomic E-state index is 6.21. The van der Waals surface area contributed by atoms with Crippen LogP contribution in [-0.2, 0) is 0 Å². The van der Waals surface area contributed by atoms with Crippen molar-refractivity contribution in [2.75, 3.05) is 31.5 Å². The maximum absolute atomic E-state index is 6.21. The van der Waals surface area contributed by atoms with E-state index in [1.165, 1.54) is 45.2 Å². The second-order valence-electron chi connectivity index (χ2n) is 6.53. The highest BCUT2D eigenvalue weighted by Gasteiger charge is 2.29. The molecular weight excluding hydrogens is 349 g/mol. The van der Waals surface area contributed by atoms with Crippen LogP contribution in [0.25, 0.3) is 0 Å². The Morgan fingerprint density at radius 2 is 1.83 bits per heavy atom. The molecule has 126 valence electrons. The Labute approximate surface area is 153 Å². The number of thiocarbonyl (C=S) groups is 1. The number of quaternary nitrogens is 1. The molecule has 23 heavy (non-hydrogen) atoms. The van der Waals surface area contributed by atoms with Crippen LogP contribution in [0.3, 0.4) is 0 Å². The zero-order valence-corrected chi connectivity index (χ0v) is 15.6. The molecule has 1 saturated carbocycles. The molecule has 2 N–H and O–H groups in total. The topological polar surface area (TPSA) is 19.7 Å². The van der Waals surface area contributed by atoms with Crippen molar-refractivity contribution in [3.8, 4) is 0 Å². The van der Waals surface area contributed by atoms with Crippen LogP contribution >= 0.6 is 35.4 Å². The van der Waals surface area contributed by atoms with Crippen molar-refractivity contribution in [1.82, 2.24) is 4.90 Å². The first-order chi connectivity index (χ1) is 11.1. The molecule has 2 aliphatic rings. The van der Waals surface area contributed by atoms with E-state index in [-0.39, 0.29) is 0 Å². The van der Waals surface area contributed by atoms with Crippen LogP contribution in [0.5, 0.6) is 0 Å².